The van der Waals surface area contributed by atoms with E-state index in [1.54, 1.807) is 21.3 Å². The van der Waals surface area contributed by atoms with Crippen LogP contribution in [0.5, 0.6) is 11.5 Å². The van der Waals surface area contributed by atoms with Crippen molar-refractivity contribution in [3.05, 3.63) is 23.8 Å². The molecule has 2 rings (SSSR count). The molecule has 1 heterocycles. The number of halogens is 1. The van der Waals surface area contributed by atoms with E-state index in [0.717, 1.165) is 62.4 Å². The molecule has 1 aliphatic rings. The molecule has 0 amide bonds. The maximum atomic E-state index is 5.37. The Labute approximate surface area is 192 Å². The van der Waals surface area contributed by atoms with Crippen molar-refractivity contribution >= 4 is 29.9 Å². The van der Waals surface area contributed by atoms with Gasteiger partial charge >= 0.3 is 0 Å². The van der Waals surface area contributed by atoms with Gasteiger partial charge in [0.05, 0.1) is 27.4 Å². The van der Waals surface area contributed by atoms with Crippen LogP contribution in [0.4, 0.5) is 0 Å². The molecule has 0 unspecified atom stereocenters. The Morgan fingerprint density at radius 1 is 1.10 bits per heavy atom. The van der Waals surface area contributed by atoms with Gasteiger partial charge in [0, 0.05) is 26.7 Å². The fourth-order valence-electron chi connectivity index (χ4n) is 3.37. The van der Waals surface area contributed by atoms with E-state index in [1.165, 1.54) is 12.8 Å². The Kier molecular flexibility index (Phi) is 13.0. The lowest BCUT2D eigenvalue weighted by Gasteiger charge is -2.32. The molecule has 1 aromatic carbocycles. The molecule has 0 bridgehead atoms. The molecule has 29 heavy (non-hydrogen) atoms. The van der Waals surface area contributed by atoms with Crippen LogP contribution in [0.25, 0.3) is 0 Å². The average Bonchev–Trinajstić information content (AvgIpc) is 2.74. The molecule has 0 atom stereocenters. The van der Waals surface area contributed by atoms with Crippen LogP contribution in [0.2, 0.25) is 0 Å². The van der Waals surface area contributed by atoms with E-state index in [-0.39, 0.29) is 24.0 Å². The molecule has 1 fully saturated rings. The summed E-state index contributed by atoms with van der Waals surface area (Å²) in [6.45, 7) is 8.61. The number of hydrogen-bond donors (Lipinski definition) is 2. The number of hydrogen-bond acceptors (Lipinski definition) is 5. The Balaban J connectivity index is 0.00000420. The van der Waals surface area contributed by atoms with Gasteiger partial charge in [-0.3, -0.25) is 0 Å². The summed E-state index contributed by atoms with van der Waals surface area (Å²) in [6, 6.07) is 5.91. The zero-order chi connectivity index (χ0) is 20.2. The van der Waals surface area contributed by atoms with Crippen LogP contribution >= 0.6 is 24.0 Å². The molecule has 2 N–H and O–H groups in total. The van der Waals surface area contributed by atoms with Gasteiger partial charge in [0.15, 0.2) is 17.5 Å². The zero-order valence-electron chi connectivity index (χ0n) is 18.2. The number of methoxy groups -OCH3 is 3. The number of likely N-dealkylation sites (tertiary alicyclic amines) is 1. The van der Waals surface area contributed by atoms with Crippen LogP contribution in [-0.2, 0) is 11.3 Å². The highest BCUT2D eigenvalue weighted by Gasteiger charge is 2.19. The van der Waals surface area contributed by atoms with Gasteiger partial charge in [-0.2, -0.15) is 0 Å². The third-order valence-corrected chi connectivity index (χ3v) is 5.09. The molecule has 0 aromatic heterocycles. The first-order valence-corrected chi connectivity index (χ1v) is 10.1. The van der Waals surface area contributed by atoms with Gasteiger partial charge in [-0.25, -0.2) is 4.99 Å². The molecule has 0 aliphatic carbocycles. The Morgan fingerprint density at radius 2 is 1.83 bits per heavy atom. The lowest BCUT2D eigenvalue weighted by molar-refractivity contribution is 0.121. The summed E-state index contributed by atoms with van der Waals surface area (Å²) in [7, 11) is 5.06. The predicted molar refractivity (Wildman–Crippen MR) is 129 cm³/mol. The van der Waals surface area contributed by atoms with Crippen molar-refractivity contribution in [3.63, 3.8) is 0 Å². The van der Waals surface area contributed by atoms with Gasteiger partial charge in [0.1, 0.15) is 0 Å². The molecule has 0 saturated carbocycles. The second-order valence-corrected chi connectivity index (χ2v) is 7.04. The zero-order valence-corrected chi connectivity index (χ0v) is 20.5. The monoisotopic (exact) mass is 520 g/mol. The fraction of sp³-hybridized carbons (Fsp3) is 0.667. The van der Waals surface area contributed by atoms with Crippen molar-refractivity contribution in [1.82, 2.24) is 15.5 Å². The number of ether oxygens (including phenoxy) is 3. The Morgan fingerprint density at radius 3 is 2.45 bits per heavy atom. The van der Waals surface area contributed by atoms with Crippen molar-refractivity contribution in [2.24, 2.45) is 10.9 Å². The summed E-state index contributed by atoms with van der Waals surface area (Å²) in [4.78, 5) is 7.21. The number of piperidine rings is 1. The summed E-state index contributed by atoms with van der Waals surface area (Å²) in [5.74, 6) is 3.01. The minimum atomic E-state index is 0. The van der Waals surface area contributed by atoms with E-state index in [2.05, 4.69) is 22.5 Å². The highest BCUT2D eigenvalue weighted by atomic mass is 127. The maximum Gasteiger partial charge on any atom is 0.191 e. The topological polar surface area (TPSA) is 67.4 Å². The smallest absolute Gasteiger partial charge is 0.191 e. The van der Waals surface area contributed by atoms with Crippen molar-refractivity contribution in [3.8, 4) is 11.5 Å². The quantitative estimate of drug-likeness (QED) is 0.281. The van der Waals surface area contributed by atoms with Crippen LogP contribution in [0.15, 0.2) is 23.2 Å². The predicted octanol–water partition coefficient (Wildman–Crippen LogP) is 2.74. The average molecular weight is 520 g/mol. The number of benzene rings is 1. The first-order valence-electron chi connectivity index (χ1n) is 10.1. The van der Waals surface area contributed by atoms with Crippen LogP contribution in [0.3, 0.4) is 0 Å². The molecule has 1 aromatic rings. The van der Waals surface area contributed by atoms with Crippen molar-refractivity contribution in [2.45, 2.75) is 26.3 Å². The molecule has 166 valence electrons. The molecule has 0 spiro atoms. The standard InChI is InChI=1S/C21H36N4O3.HI/c1-5-22-21(23-15-17-8-10-25(11-9-17)12-13-26-2)24-16-18-6-7-19(27-3)20(14-18)28-4;/h6-7,14,17H,5,8-13,15-16H2,1-4H3,(H2,22,23,24);1H. The number of guanidine groups is 1. The van der Waals surface area contributed by atoms with Crippen molar-refractivity contribution in [2.75, 3.05) is 60.7 Å². The lowest BCUT2D eigenvalue weighted by Crippen LogP contribution is -2.43. The van der Waals surface area contributed by atoms with Gasteiger partial charge in [0.2, 0.25) is 0 Å². The lowest BCUT2D eigenvalue weighted by atomic mass is 9.97. The minimum Gasteiger partial charge on any atom is -0.493 e. The van der Waals surface area contributed by atoms with Gasteiger partial charge in [-0.05, 0) is 56.5 Å². The van der Waals surface area contributed by atoms with Gasteiger partial charge in [0.25, 0.3) is 0 Å². The fourth-order valence-corrected chi connectivity index (χ4v) is 3.37. The molecule has 0 radical (unpaired) electrons. The van der Waals surface area contributed by atoms with Crippen LogP contribution in [-0.4, -0.2) is 71.5 Å². The second-order valence-electron chi connectivity index (χ2n) is 7.04. The maximum absolute atomic E-state index is 5.37. The van der Waals surface area contributed by atoms with Gasteiger partial charge < -0.3 is 29.7 Å². The molecule has 7 nitrogen and oxygen atoms in total. The number of aliphatic imine (C=N–C) groups is 1. The number of nitrogens with zero attached hydrogens (tertiary/aromatic N) is 2. The summed E-state index contributed by atoms with van der Waals surface area (Å²) >= 11 is 0. The SMILES string of the molecule is CCNC(=NCc1ccc(OC)c(OC)c1)NCC1CCN(CCOC)CC1.I. The summed E-state index contributed by atoms with van der Waals surface area (Å²) < 4.78 is 15.8. The van der Waals surface area contributed by atoms with Crippen LogP contribution in [0.1, 0.15) is 25.3 Å². The summed E-state index contributed by atoms with van der Waals surface area (Å²) in [5, 5.41) is 6.85. The third-order valence-electron chi connectivity index (χ3n) is 5.09. The van der Waals surface area contributed by atoms with Gasteiger partial charge in [-0.1, -0.05) is 6.07 Å². The van der Waals surface area contributed by atoms with E-state index in [4.69, 9.17) is 19.2 Å². The van der Waals surface area contributed by atoms with Crippen LogP contribution in [0, 0.1) is 5.92 Å². The minimum absolute atomic E-state index is 0. The molecular weight excluding hydrogens is 483 g/mol. The van der Waals surface area contributed by atoms with Crippen LogP contribution < -0.4 is 20.1 Å². The highest BCUT2D eigenvalue weighted by Crippen LogP contribution is 2.27. The molecule has 1 aliphatic heterocycles. The number of nitrogens with one attached hydrogen (secondary N) is 2. The van der Waals surface area contributed by atoms with E-state index in [9.17, 15) is 0 Å². The molecule has 8 heteroatoms. The normalized spacial score (nSPS) is 15.5. The summed E-state index contributed by atoms with van der Waals surface area (Å²) in [5.41, 5.74) is 1.08. The van der Waals surface area contributed by atoms with E-state index in [0.29, 0.717) is 12.5 Å². The van der Waals surface area contributed by atoms with E-state index in [1.807, 2.05) is 18.2 Å². The second kappa shape index (κ2) is 14.7. The first kappa shape index (κ1) is 25.8. The van der Waals surface area contributed by atoms with Gasteiger partial charge in [-0.15, -0.1) is 24.0 Å². The Hall–Kier alpha value is -1.26. The largest absolute Gasteiger partial charge is 0.493 e. The first-order chi connectivity index (χ1) is 13.7. The van der Waals surface area contributed by atoms with Crippen molar-refractivity contribution in [1.29, 1.82) is 0 Å². The molecular formula is C21H37IN4O3. The third kappa shape index (κ3) is 8.96. The van der Waals surface area contributed by atoms with E-state index < -0.39 is 0 Å². The summed E-state index contributed by atoms with van der Waals surface area (Å²) in [6.07, 6.45) is 2.43. The van der Waals surface area contributed by atoms with Crippen molar-refractivity contribution < 1.29 is 14.2 Å². The number of rotatable bonds is 10. The highest BCUT2D eigenvalue weighted by molar-refractivity contribution is 14.0. The Bertz CT molecular complexity index is 608. The van der Waals surface area contributed by atoms with E-state index >= 15 is 0 Å². The molecule has 1 saturated heterocycles.